The van der Waals surface area contributed by atoms with Crippen LogP contribution in [0, 0.1) is 0 Å². The molecule has 0 aromatic carbocycles. The van der Waals surface area contributed by atoms with E-state index in [9.17, 15) is 0 Å². The molecule has 0 heterocycles. The van der Waals surface area contributed by atoms with Gasteiger partial charge in [0, 0.05) is 6.61 Å². The highest BCUT2D eigenvalue weighted by Crippen LogP contribution is 2.38. The normalized spacial score (nSPS) is 23.2. The minimum Gasteiger partial charge on any atom is -0.393 e. The molecule has 8 heavy (non-hydrogen) atoms. The topological polar surface area (TPSA) is 29.5 Å². The van der Waals surface area contributed by atoms with Crippen LogP contribution >= 0.6 is 0 Å². The van der Waals surface area contributed by atoms with Crippen LogP contribution in [-0.2, 0) is 4.74 Å². The Morgan fingerprint density at radius 1 is 1.62 bits per heavy atom. The van der Waals surface area contributed by atoms with Gasteiger partial charge in [-0.25, -0.2) is 0 Å². The lowest BCUT2D eigenvalue weighted by Crippen LogP contribution is -2.18. The smallest absolute Gasteiger partial charge is 0.0914 e. The molecule has 0 aromatic heterocycles. The molecule has 2 heteroatoms. The summed E-state index contributed by atoms with van der Waals surface area (Å²) in [5, 5.41) is 8.66. The van der Waals surface area contributed by atoms with E-state index in [-0.39, 0.29) is 12.2 Å². The fraction of sp³-hybridized carbons (Fsp3) is 1.00. The molecule has 0 unspecified atom stereocenters. The van der Waals surface area contributed by atoms with E-state index in [4.69, 9.17) is 9.84 Å². The minimum atomic E-state index is -0.102. The van der Waals surface area contributed by atoms with Crippen molar-refractivity contribution in [3.05, 3.63) is 0 Å². The molecule has 2 nitrogen and oxygen atoms in total. The Kier molecular flexibility index (Phi) is 1.54. The molecule has 0 atom stereocenters. The first-order chi connectivity index (χ1) is 3.83. The van der Waals surface area contributed by atoms with Gasteiger partial charge in [0.05, 0.1) is 12.2 Å². The highest BCUT2D eigenvalue weighted by atomic mass is 16.5. The van der Waals surface area contributed by atoms with Gasteiger partial charge in [-0.05, 0) is 19.8 Å². The van der Waals surface area contributed by atoms with E-state index in [1.54, 1.807) is 0 Å². The molecule has 0 aromatic rings. The van der Waals surface area contributed by atoms with Gasteiger partial charge in [0.25, 0.3) is 0 Å². The molecule has 0 spiro atoms. The van der Waals surface area contributed by atoms with Crippen LogP contribution in [0.25, 0.3) is 0 Å². The summed E-state index contributed by atoms with van der Waals surface area (Å²) in [5.74, 6) is 0. The summed E-state index contributed by atoms with van der Waals surface area (Å²) < 4.78 is 5.24. The summed E-state index contributed by atoms with van der Waals surface area (Å²) in [6.45, 7) is 2.87. The third kappa shape index (κ3) is 1.01. The van der Waals surface area contributed by atoms with Gasteiger partial charge in [-0.3, -0.25) is 0 Å². The van der Waals surface area contributed by atoms with E-state index in [1.807, 2.05) is 6.92 Å². The van der Waals surface area contributed by atoms with Gasteiger partial charge in [-0.15, -0.1) is 0 Å². The van der Waals surface area contributed by atoms with Crippen LogP contribution in [0.3, 0.4) is 0 Å². The predicted molar refractivity (Wildman–Crippen MR) is 30.7 cm³/mol. The van der Waals surface area contributed by atoms with E-state index in [0.29, 0.717) is 0 Å². The van der Waals surface area contributed by atoms with E-state index in [0.717, 1.165) is 19.4 Å². The van der Waals surface area contributed by atoms with Gasteiger partial charge in [0.1, 0.15) is 0 Å². The zero-order valence-corrected chi connectivity index (χ0v) is 5.18. The third-order valence-electron chi connectivity index (χ3n) is 1.55. The third-order valence-corrected chi connectivity index (χ3v) is 1.55. The second-order valence-electron chi connectivity index (χ2n) is 2.27. The fourth-order valence-corrected chi connectivity index (χ4v) is 0.794. The van der Waals surface area contributed by atoms with E-state index < -0.39 is 0 Å². The van der Waals surface area contributed by atoms with Crippen molar-refractivity contribution in [2.45, 2.75) is 25.4 Å². The van der Waals surface area contributed by atoms with E-state index >= 15 is 0 Å². The Morgan fingerprint density at radius 2 is 2.25 bits per heavy atom. The van der Waals surface area contributed by atoms with Crippen LogP contribution < -0.4 is 0 Å². The lowest BCUT2D eigenvalue weighted by atomic mass is 10.4. The predicted octanol–water partition coefficient (Wildman–Crippen LogP) is 0.548. The van der Waals surface area contributed by atoms with Gasteiger partial charge in [0.15, 0.2) is 0 Å². The number of rotatable bonds is 3. The Balaban J connectivity index is 2.20. The summed E-state index contributed by atoms with van der Waals surface area (Å²) in [4.78, 5) is 0. The van der Waals surface area contributed by atoms with Crippen molar-refractivity contribution < 1.29 is 9.84 Å². The van der Waals surface area contributed by atoms with Crippen molar-refractivity contribution >= 4 is 0 Å². The van der Waals surface area contributed by atoms with Crippen molar-refractivity contribution in [1.82, 2.24) is 0 Å². The summed E-state index contributed by atoms with van der Waals surface area (Å²) in [6, 6.07) is 0. The number of ether oxygens (including phenoxy) is 1. The maximum Gasteiger partial charge on any atom is 0.0914 e. The highest BCUT2D eigenvalue weighted by molar-refractivity contribution is 4.94. The van der Waals surface area contributed by atoms with Crippen LogP contribution in [-0.4, -0.2) is 23.9 Å². The summed E-state index contributed by atoms with van der Waals surface area (Å²) in [5.41, 5.74) is -0.102. The van der Waals surface area contributed by atoms with Crippen LogP contribution in [0.1, 0.15) is 19.8 Å². The Morgan fingerprint density at radius 3 is 2.38 bits per heavy atom. The second kappa shape index (κ2) is 2.03. The molecule has 1 aliphatic carbocycles. The first-order valence-corrected chi connectivity index (χ1v) is 3.08. The fourth-order valence-electron chi connectivity index (χ4n) is 0.794. The van der Waals surface area contributed by atoms with Crippen molar-refractivity contribution in [2.24, 2.45) is 0 Å². The van der Waals surface area contributed by atoms with Crippen molar-refractivity contribution in [3.63, 3.8) is 0 Å². The molecule has 1 fully saturated rings. The first-order valence-electron chi connectivity index (χ1n) is 3.08. The monoisotopic (exact) mass is 116 g/mol. The highest BCUT2D eigenvalue weighted by Gasteiger charge is 2.42. The first kappa shape index (κ1) is 6.05. The summed E-state index contributed by atoms with van der Waals surface area (Å²) >= 11 is 0. The SMILES string of the molecule is CCOC1(CO)CC1. The average Bonchev–Trinajstić information content (AvgIpc) is 2.50. The van der Waals surface area contributed by atoms with Gasteiger partial charge in [-0.2, -0.15) is 0 Å². The summed E-state index contributed by atoms with van der Waals surface area (Å²) in [6.07, 6.45) is 2.08. The zero-order valence-electron chi connectivity index (χ0n) is 5.18. The van der Waals surface area contributed by atoms with Crippen molar-refractivity contribution in [2.75, 3.05) is 13.2 Å². The molecule has 0 bridgehead atoms. The molecule has 1 N–H and O–H groups in total. The van der Waals surface area contributed by atoms with E-state index in [2.05, 4.69) is 0 Å². The van der Waals surface area contributed by atoms with Crippen molar-refractivity contribution in [1.29, 1.82) is 0 Å². The molecule has 0 saturated heterocycles. The number of hydrogen-bond donors (Lipinski definition) is 1. The standard InChI is InChI=1S/C6H12O2/c1-2-8-6(5-7)3-4-6/h7H,2-5H2,1H3. The molecular formula is C6H12O2. The van der Waals surface area contributed by atoms with Crippen LogP contribution in [0.4, 0.5) is 0 Å². The second-order valence-corrected chi connectivity index (χ2v) is 2.27. The largest absolute Gasteiger partial charge is 0.393 e. The molecule has 48 valence electrons. The molecule has 1 aliphatic rings. The van der Waals surface area contributed by atoms with Crippen molar-refractivity contribution in [3.8, 4) is 0 Å². The number of hydrogen-bond acceptors (Lipinski definition) is 2. The molecule has 1 rings (SSSR count). The quantitative estimate of drug-likeness (QED) is 0.583. The number of aliphatic hydroxyl groups excluding tert-OH is 1. The molecule has 0 amide bonds. The van der Waals surface area contributed by atoms with Crippen LogP contribution in [0.2, 0.25) is 0 Å². The zero-order chi connectivity index (χ0) is 6.04. The lowest BCUT2D eigenvalue weighted by Gasteiger charge is -2.09. The Bertz CT molecular complexity index is 76.6. The van der Waals surface area contributed by atoms with E-state index in [1.165, 1.54) is 0 Å². The van der Waals surface area contributed by atoms with Crippen LogP contribution in [0.5, 0.6) is 0 Å². The maximum atomic E-state index is 8.66. The molecule has 0 radical (unpaired) electrons. The molecular weight excluding hydrogens is 104 g/mol. The summed E-state index contributed by atoms with van der Waals surface area (Å²) in [7, 11) is 0. The average molecular weight is 116 g/mol. The Hall–Kier alpha value is -0.0800. The maximum absolute atomic E-state index is 8.66. The molecule has 0 aliphatic heterocycles. The van der Waals surface area contributed by atoms with Gasteiger partial charge < -0.3 is 9.84 Å². The molecule has 1 saturated carbocycles. The van der Waals surface area contributed by atoms with Crippen LogP contribution in [0.15, 0.2) is 0 Å². The van der Waals surface area contributed by atoms with Gasteiger partial charge in [-0.1, -0.05) is 0 Å². The minimum absolute atomic E-state index is 0.102. The van der Waals surface area contributed by atoms with Gasteiger partial charge >= 0.3 is 0 Å². The Labute approximate surface area is 49.5 Å². The van der Waals surface area contributed by atoms with Gasteiger partial charge in [0.2, 0.25) is 0 Å². The lowest BCUT2D eigenvalue weighted by molar-refractivity contribution is -0.000131. The number of aliphatic hydroxyl groups is 1.